The summed E-state index contributed by atoms with van der Waals surface area (Å²) >= 11 is 0. The number of terminal acetylenes is 1. The minimum Gasteiger partial charge on any atom is -0.380 e. The van der Waals surface area contributed by atoms with Crippen molar-refractivity contribution < 1.29 is 5.11 Å². The zero-order chi connectivity index (χ0) is 9.61. The molecule has 1 nitrogen and oxygen atoms in total. The van der Waals surface area contributed by atoms with Crippen LogP contribution in [0, 0.1) is 23.8 Å². The van der Waals surface area contributed by atoms with Crippen molar-refractivity contribution in [3.05, 3.63) is 0 Å². The molecule has 12 heavy (non-hydrogen) atoms. The second-order valence-electron chi connectivity index (χ2n) is 3.78. The summed E-state index contributed by atoms with van der Waals surface area (Å²) in [6, 6.07) is 0. The Morgan fingerprint density at radius 3 is 2.42 bits per heavy atom. The van der Waals surface area contributed by atoms with Gasteiger partial charge in [-0.1, -0.05) is 25.6 Å². The molecule has 0 amide bonds. The lowest BCUT2D eigenvalue weighted by Gasteiger charge is -2.05. The minimum atomic E-state index is -1.33. The fourth-order valence-electron chi connectivity index (χ4n) is 0.592. The number of hydrogen-bond donors (Lipinski definition) is 1. The zero-order valence-electron chi connectivity index (χ0n) is 8.02. The van der Waals surface area contributed by atoms with Crippen molar-refractivity contribution in [2.45, 2.75) is 38.6 Å². The second kappa shape index (κ2) is 5.03. The van der Waals surface area contributed by atoms with E-state index in [2.05, 4.69) is 37.0 Å². The summed E-state index contributed by atoms with van der Waals surface area (Å²) in [5, 5.41) is 9.30. The number of rotatable bonds is 2. The molecule has 2 heteroatoms. The summed E-state index contributed by atoms with van der Waals surface area (Å²) in [4.78, 5) is 0. The Morgan fingerprint density at radius 1 is 1.42 bits per heavy atom. The van der Waals surface area contributed by atoms with Crippen LogP contribution in [0.3, 0.4) is 0 Å². The first-order valence-electron chi connectivity index (χ1n) is 4.10. The van der Waals surface area contributed by atoms with Crippen LogP contribution in [0.4, 0.5) is 0 Å². The van der Waals surface area contributed by atoms with Gasteiger partial charge in [0.25, 0.3) is 0 Å². The van der Waals surface area contributed by atoms with Gasteiger partial charge in [0.05, 0.1) is 0 Å². The van der Waals surface area contributed by atoms with Crippen molar-refractivity contribution in [1.29, 1.82) is 0 Å². The second-order valence-corrected chi connectivity index (χ2v) is 8.53. The van der Waals surface area contributed by atoms with Crippen molar-refractivity contribution in [3.8, 4) is 23.8 Å². The van der Waals surface area contributed by atoms with Gasteiger partial charge in [-0.2, -0.15) is 0 Å². The van der Waals surface area contributed by atoms with E-state index in [9.17, 15) is 5.11 Å². The fourth-order valence-corrected chi connectivity index (χ4v) is 1.19. The molecule has 0 aliphatic carbocycles. The molecule has 0 saturated carbocycles. The SMILES string of the molecule is C#CCC[C@H](O)C#C[Si](C)(C)C. The largest absolute Gasteiger partial charge is 0.380 e. The predicted octanol–water partition coefficient (Wildman–Crippen LogP) is 1.64. The normalized spacial score (nSPS) is 12.6. The maximum atomic E-state index is 9.30. The van der Waals surface area contributed by atoms with E-state index in [0.717, 1.165) is 0 Å². The Morgan fingerprint density at radius 2 is 2.00 bits per heavy atom. The summed E-state index contributed by atoms with van der Waals surface area (Å²) in [6.07, 6.45) is 5.71. The Labute approximate surface area is 76.2 Å². The van der Waals surface area contributed by atoms with Gasteiger partial charge >= 0.3 is 0 Å². The molecule has 1 N–H and O–H groups in total. The van der Waals surface area contributed by atoms with Crippen molar-refractivity contribution in [3.63, 3.8) is 0 Å². The zero-order valence-corrected chi connectivity index (χ0v) is 9.02. The third-order valence-electron chi connectivity index (χ3n) is 1.18. The maximum absolute atomic E-state index is 9.30. The molecule has 0 spiro atoms. The summed E-state index contributed by atoms with van der Waals surface area (Å²) < 4.78 is 0. The molecule has 0 heterocycles. The topological polar surface area (TPSA) is 20.2 Å². The molecule has 1 atom stereocenters. The highest BCUT2D eigenvalue weighted by molar-refractivity contribution is 6.83. The molecule has 0 aromatic rings. The molecule has 0 aliphatic rings. The molecular formula is C10H16OSi. The fraction of sp³-hybridized carbons (Fsp3) is 0.600. The van der Waals surface area contributed by atoms with Gasteiger partial charge in [-0.3, -0.25) is 0 Å². The van der Waals surface area contributed by atoms with Crippen LogP contribution in [0.25, 0.3) is 0 Å². The van der Waals surface area contributed by atoms with E-state index in [4.69, 9.17) is 6.42 Å². The first-order valence-corrected chi connectivity index (χ1v) is 7.60. The molecule has 0 aromatic carbocycles. The molecule has 0 unspecified atom stereocenters. The standard InChI is InChI=1S/C10H16OSi/c1-5-6-7-10(11)8-9-12(2,3)4/h1,10-11H,6-7H2,2-4H3/t10-/m0/s1. The molecule has 0 bridgehead atoms. The van der Waals surface area contributed by atoms with E-state index in [1.54, 1.807) is 0 Å². The molecule has 0 fully saturated rings. The van der Waals surface area contributed by atoms with Gasteiger partial charge in [-0.05, 0) is 6.42 Å². The number of hydrogen-bond acceptors (Lipinski definition) is 1. The monoisotopic (exact) mass is 180 g/mol. The van der Waals surface area contributed by atoms with E-state index in [1.807, 2.05) is 0 Å². The van der Waals surface area contributed by atoms with Crippen LogP contribution in [0.5, 0.6) is 0 Å². The van der Waals surface area contributed by atoms with E-state index in [1.165, 1.54) is 0 Å². The van der Waals surface area contributed by atoms with Crippen molar-refractivity contribution >= 4 is 8.07 Å². The van der Waals surface area contributed by atoms with E-state index < -0.39 is 14.2 Å². The molecular weight excluding hydrogens is 164 g/mol. The Balaban J connectivity index is 3.89. The van der Waals surface area contributed by atoms with Crippen LogP contribution in [0.1, 0.15) is 12.8 Å². The molecule has 0 aromatic heterocycles. The van der Waals surface area contributed by atoms with Crippen LogP contribution in [-0.2, 0) is 0 Å². The van der Waals surface area contributed by atoms with Crippen LogP contribution in [0.2, 0.25) is 19.6 Å². The van der Waals surface area contributed by atoms with Crippen LogP contribution < -0.4 is 0 Å². The first-order chi connectivity index (χ1) is 5.45. The van der Waals surface area contributed by atoms with Crippen molar-refractivity contribution in [2.75, 3.05) is 0 Å². The molecule has 0 rings (SSSR count). The summed E-state index contributed by atoms with van der Waals surface area (Å²) in [5.41, 5.74) is 3.10. The van der Waals surface area contributed by atoms with Crippen LogP contribution in [0.15, 0.2) is 0 Å². The lowest BCUT2D eigenvalue weighted by molar-refractivity contribution is 0.224. The molecule has 0 radical (unpaired) electrons. The van der Waals surface area contributed by atoms with Gasteiger partial charge < -0.3 is 5.11 Å². The number of aliphatic hydroxyl groups excluding tert-OH is 1. The van der Waals surface area contributed by atoms with Gasteiger partial charge in [0.1, 0.15) is 14.2 Å². The predicted molar refractivity (Wildman–Crippen MR) is 55.2 cm³/mol. The number of aliphatic hydroxyl groups is 1. The highest BCUT2D eigenvalue weighted by Gasteiger charge is 2.08. The van der Waals surface area contributed by atoms with Gasteiger partial charge in [-0.15, -0.1) is 17.9 Å². The van der Waals surface area contributed by atoms with Crippen LogP contribution >= 0.6 is 0 Å². The average molecular weight is 180 g/mol. The summed E-state index contributed by atoms with van der Waals surface area (Å²) in [7, 11) is -1.33. The summed E-state index contributed by atoms with van der Waals surface area (Å²) in [6.45, 7) is 6.44. The molecule has 0 aliphatic heterocycles. The van der Waals surface area contributed by atoms with E-state index in [0.29, 0.717) is 12.8 Å². The molecule has 66 valence electrons. The van der Waals surface area contributed by atoms with Crippen molar-refractivity contribution in [1.82, 2.24) is 0 Å². The van der Waals surface area contributed by atoms with E-state index >= 15 is 0 Å². The Kier molecular flexibility index (Phi) is 4.74. The average Bonchev–Trinajstić information content (AvgIpc) is 1.95. The maximum Gasteiger partial charge on any atom is 0.129 e. The first kappa shape index (κ1) is 11.3. The molecule has 0 saturated heterocycles. The highest BCUT2D eigenvalue weighted by Crippen LogP contribution is 1.99. The third-order valence-corrected chi connectivity index (χ3v) is 2.07. The highest BCUT2D eigenvalue weighted by atomic mass is 28.3. The quantitative estimate of drug-likeness (QED) is 0.506. The summed E-state index contributed by atoms with van der Waals surface area (Å²) in [5.74, 6) is 5.31. The van der Waals surface area contributed by atoms with Gasteiger partial charge in [0.2, 0.25) is 0 Å². The van der Waals surface area contributed by atoms with E-state index in [-0.39, 0.29) is 0 Å². The van der Waals surface area contributed by atoms with Gasteiger partial charge in [0.15, 0.2) is 0 Å². The van der Waals surface area contributed by atoms with Gasteiger partial charge in [0, 0.05) is 6.42 Å². The van der Waals surface area contributed by atoms with Gasteiger partial charge in [-0.25, -0.2) is 0 Å². The van der Waals surface area contributed by atoms with Crippen molar-refractivity contribution in [2.24, 2.45) is 0 Å². The smallest absolute Gasteiger partial charge is 0.129 e. The lowest BCUT2D eigenvalue weighted by Crippen LogP contribution is -2.17. The Bertz CT molecular complexity index is 221. The van der Waals surface area contributed by atoms with Crippen LogP contribution in [-0.4, -0.2) is 19.3 Å². The third kappa shape index (κ3) is 7.40. The Hall–Kier alpha value is -0.703. The minimum absolute atomic E-state index is 0.534. The lowest BCUT2D eigenvalue weighted by atomic mass is 10.2.